The second-order valence-electron chi connectivity index (χ2n) is 14.2. The van der Waals surface area contributed by atoms with Crippen molar-refractivity contribution in [3.05, 3.63) is 131 Å². The summed E-state index contributed by atoms with van der Waals surface area (Å²) in [6.45, 7) is 18.1. The molecule has 0 amide bonds. The predicted molar refractivity (Wildman–Crippen MR) is 201 cm³/mol. The summed E-state index contributed by atoms with van der Waals surface area (Å²) in [6.07, 6.45) is 8.09. The van der Waals surface area contributed by atoms with Crippen molar-refractivity contribution < 1.29 is 25.8 Å². The van der Waals surface area contributed by atoms with Crippen LogP contribution in [0.2, 0.25) is 0 Å². The zero-order valence-corrected chi connectivity index (χ0v) is 32.4. The second kappa shape index (κ2) is 14.4. The molecule has 256 valence electrons. The van der Waals surface area contributed by atoms with Crippen molar-refractivity contribution in [2.45, 2.75) is 68.2 Å². The normalized spacial score (nSPS) is 11.6. The first kappa shape index (κ1) is 35.4. The maximum absolute atomic E-state index is 6.44. The van der Waals surface area contributed by atoms with Crippen LogP contribution in [0.1, 0.15) is 61.1 Å². The fourth-order valence-corrected chi connectivity index (χ4v) is 7.11. The van der Waals surface area contributed by atoms with Crippen LogP contribution in [0.3, 0.4) is 0 Å². The Morgan fingerprint density at radius 2 is 1.44 bits per heavy atom. The third-order valence-corrected chi connectivity index (χ3v) is 9.64. The van der Waals surface area contributed by atoms with Gasteiger partial charge in [0.15, 0.2) is 0 Å². The van der Waals surface area contributed by atoms with Crippen molar-refractivity contribution in [2.75, 3.05) is 0 Å². The van der Waals surface area contributed by atoms with Gasteiger partial charge in [-0.2, -0.15) is 17.2 Å². The van der Waals surface area contributed by atoms with Crippen LogP contribution in [0.25, 0.3) is 44.4 Å². The molecule has 3 heterocycles. The van der Waals surface area contributed by atoms with Gasteiger partial charge >= 0.3 is 21.1 Å². The smallest absolute Gasteiger partial charge is 0.509 e. The number of pyridine rings is 1. The molecule has 4 aromatic carbocycles. The molecule has 0 N–H and O–H groups in total. The van der Waals surface area contributed by atoms with Gasteiger partial charge in [-0.1, -0.05) is 51.4 Å². The molecule has 50 heavy (non-hydrogen) atoms. The van der Waals surface area contributed by atoms with E-state index in [4.69, 9.17) is 14.8 Å². The Morgan fingerprint density at radius 1 is 0.740 bits per heavy atom. The quantitative estimate of drug-likeness (QED) is 0.136. The average molecular weight is 840 g/mol. The second-order valence-corrected chi connectivity index (χ2v) is 14.2. The minimum Gasteiger partial charge on any atom is -0.509 e. The fourth-order valence-electron chi connectivity index (χ4n) is 7.11. The average Bonchev–Trinajstić information content (AvgIpc) is 3.69. The Morgan fingerprint density at radius 3 is 2.14 bits per heavy atom. The van der Waals surface area contributed by atoms with Crippen LogP contribution in [0.4, 0.5) is 0 Å². The van der Waals surface area contributed by atoms with E-state index in [9.17, 15) is 0 Å². The van der Waals surface area contributed by atoms with Crippen LogP contribution in [0.5, 0.6) is 11.5 Å². The van der Waals surface area contributed by atoms with Gasteiger partial charge in [-0.15, -0.1) is 35.7 Å². The van der Waals surface area contributed by atoms with Crippen LogP contribution in [-0.2, 0) is 33.9 Å². The third kappa shape index (κ3) is 6.68. The molecule has 3 aromatic heterocycles. The summed E-state index contributed by atoms with van der Waals surface area (Å²) in [6, 6.07) is 29.5. The molecule has 7 aromatic rings. The van der Waals surface area contributed by atoms with Crippen molar-refractivity contribution in [1.82, 2.24) is 19.3 Å². The summed E-state index contributed by atoms with van der Waals surface area (Å²) in [5.74, 6) is 3.17. The van der Waals surface area contributed by atoms with Gasteiger partial charge in [0.2, 0.25) is 0 Å². The van der Waals surface area contributed by atoms with E-state index in [0.29, 0.717) is 23.3 Å². The summed E-state index contributed by atoms with van der Waals surface area (Å²) in [5.41, 5.74) is 13.6. The van der Waals surface area contributed by atoms with E-state index in [0.717, 1.165) is 57.3 Å². The molecule has 0 fully saturated rings. The number of benzene rings is 4. The number of aryl methyl sites for hydroxylation is 1. The minimum absolute atomic E-state index is 0. The standard InChI is InChI=1S/C44H44N4O.Pt/c1-27(2)20-39-31(7)30(6)32(8)40(21-28(3)4)44(39)33-25-46-47(26-33)34-12-11-13-35(23-34)49-36-16-17-38-37-14-9-10-15-41(37)48(42(38)24-36)43-22-29(5)18-19-45-43;/h9-19,22,25-28H,20-21H2,1-8H3;/q-2;+2. The molecule has 0 aliphatic carbocycles. The Labute approximate surface area is 310 Å². The summed E-state index contributed by atoms with van der Waals surface area (Å²) in [5, 5.41) is 7.11. The van der Waals surface area contributed by atoms with Gasteiger partial charge in [-0.05, 0) is 121 Å². The molecule has 0 saturated heterocycles. The van der Waals surface area contributed by atoms with E-state index < -0.39 is 0 Å². The number of aromatic nitrogens is 4. The zero-order chi connectivity index (χ0) is 34.4. The number of hydrogen-bond acceptors (Lipinski definition) is 3. The molecule has 0 radical (unpaired) electrons. The molecule has 0 saturated carbocycles. The van der Waals surface area contributed by atoms with E-state index in [1.807, 2.05) is 47.4 Å². The summed E-state index contributed by atoms with van der Waals surface area (Å²) >= 11 is 0. The van der Waals surface area contributed by atoms with E-state index in [-0.39, 0.29) is 21.1 Å². The molecule has 5 nitrogen and oxygen atoms in total. The van der Waals surface area contributed by atoms with Gasteiger partial charge in [0.05, 0.1) is 6.20 Å². The molecule has 0 atom stereocenters. The number of fused-ring (bicyclic) bond motifs is 3. The van der Waals surface area contributed by atoms with Crippen molar-refractivity contribution >= 4 is 21.8 Å². The first-order chi connectivity index (χ1) is 23.6. The van der Waals surface area contributed by atoms with Crippen molar-refractivity contribution in [3.8, 4) is 34.1 Å². The Kier molecular flexibility index (Phi) is 10.2. The molecular formula is C44H44N4OPt. The number of hydrogen-bond donors (Lipinski definition) is 0. The van der Waals surface area contributed by atoms with Gasteiger partial charge < -0.3 is 9.30 Å². The molecule has 0 aliphatic rings. The molecule has 0 bridgehead atoms. The van der Waals surface area contributed by atoms with Gasteiger partial charge in [-0.25, -0.2) is 4.98 Å². The van der Waals surface area contributed by atoms with Crippen LogP contribution in [0, 0.1) is 51.7 Å². The van der Waals surface area contributed by atoms with Crippen LogP contribution < -0.4 is 4.74 Å². The minimum atomic E-state index is 0. The monoisotopic (exact) mass is 839 g/mol. The van der Waals surface area contributed by atoms with E-state index >= 15 is 0 Å². The molecular weight excluding hydrogens is 796 g/mol. The van der Waals surface area contributed by atoms with Crippen molar-refractivity contribution in [3.63, 3.8) is 0 Å². The molecule has 0 aliphatic heterocycles. The summed E-state index contributed by atoms with van der Waals surface area (Å²) in [7, 11) is 0. The van der Waals surface area contributed by atoms with Crippen molar-refractivity contribution in [2.24, 2.45) is 11.8 Å². The summed E-state index contributed by atoms with van der Waals surface area (Å²) < 4.78 is 10.5. The molecule has 7 rings (SSSR count). The Bertz CT molecular complexity index is 2290. The third-order valence-electron chi connectivity index (χ3n) is 9.64. The number of nitrogens with zero attached hydrogens (tertiary/aromatic N) is 4. The maximum atomic E-state index is 6.44. The van der Waals surface area contributed by atoms with Gasteiger partial charge in [0.1, 0.15) is 5.82 Å². The first-order valence-corrected chi connectivity index (χ1v) is 17.3. The largest absolute Gasteiger partial charge is 2.00 e. The van der Waals surface area contributed by atoms with Gasteiger partial charge in [-0.3, -0.25) is 4.68 Å². The Balaban J connectivity index is 0.00000432. The molecule has 0 spiro atoms. The zero-order valence-electron chi connectivity index (χ0n) is 30.2. The summed E-state index contributed by atoms with van der Waals surface area (Å²) in [4.78, 5) is 4.70. The van der Waals surface area contributed by atoms with E-state index in [1.54, 1.807) is 0 Å². The first-order valence-electron chi connectivity index (χ1n) is 17.3. The van der Waals surface area contributed by atoms with Crippen LogP contribution in [0.15, 0.2) is 85.3 Å². The molecule has 6 heteroatoms. The van der Waals surface area contributed by atoms with Crippen LogP contribution >= 0.6 is 0 Å². The van der Waals surface area contributed by atoms with Crippen molar-refractivity contribution in [1.29, 1.82) is 0 Å². The predicted octanol–water partition coefficient (Wildman–Crippen LogP) is 11.1. The van der Waals surface area contributed by atoms with Gasteiger partial charge in [0, 0.05) is 35.0 Å². The topological polar surface area (TPSA) is 44.9 Å². The van der Waals surface area contributed by atoms with E-state index in [1.165, 1.54) is 33.4 Å². The number of ether oxygens (including phenoxy) is 1. The van der Waals surface area contributed by atoms with Crippen LogP contribution in [-0.4, -0.2) is 19.3 Å². The fraction of sp³-hybridized carbons (Fsp3) is 0.273. The number of para-hydroxylation sites is 1. The van der Waals surface area contributed by atoms with E-state index in [2.05, 4.69) is 115 Å². The molecule has 0 unspecified atom stereocenters. The SMILES string of the molecule is Cc1ccnc(-n2c3[c-]c(Oc4[c-]c(-n5cc(-c6c(CC(C)C)c(C)c(C)c(C)c6CC(C)C)cn5)ccc4)ccc3c3ccccc32)c1.[Pt+2]. The Hall–Kier alpha value is -4.47. The number of rotatable bonds is 9. The maximum Gasteiger partial charge on any atom is 2.00 e. The van der Waals surface area contributed by atoms with Gasteiger partial charge in [0.25, 0.3) is 0 Å².